The van der Waals surface area contributed by atoms with Crippen molar-refractivity contribution in [3.05, 3.63) is 69.7 Å². The summed E-state index contributed by atoms with van der Waals surface area (Å²) in [7, 11) is 0. The zero-order valence-corrected chi connectivity index (χ0v) is 15.5. The Morgan fingerprint density at radius 2 is 1.88 bits per heavy atom. The molecule has 25 heavy (non-hydrogen) atoms. The first-order valence-electron chi connectivity index (χ1n) is 8.47. The third-order valence-electron chi connectivity index (χ3n) is 4.34. The van der Waals surface area contributed by atoms with E-state index < -0.39 is 6.04 Å². The summed E-state index contributed by atoms with van der Waals surface area (Å²) < 4.78 is 0. The molecule has 1 aliphatic rings. The van der Waals surface area contributed by atoms with Gasteiger partial charge in [-0.3, -0.25) is 9.79 Å². The molecule has 1 heterocycles. The van der Waals surface area contributed by atoms with Gasteiger partial charge in [0.15, 0.2) is 0 Å². The molecule has 0 radical (unpaired) electrons. The number of benzene rings is 2. The van der Waals surface area contributed by atoms with Gasteiger partial charge >= 0.3 is 0 Å². The van der Waals surface area contributed by atoms with E-state index in [1.165, 1.54) is 0 Å². The Morgan fingerprint density at radius 1 is 1.12 bits per heavy atom. The predicted molar refractivity (Wildman–Crippen MR) is 104 cm³/mol. The molecule has 0 saturated carbocycles. The van der Waals surface area contributed by atoms with Gasteiger partial charge in [-0.15, -0.1) is 0 Å². The van der Waals surface area contributed by atoms with Crippen molar-refractivity contribution in [3.8, 4) is 0 Å². The lowest BCUT2D eigenvalue weighted by molar-refractivity contribution is -0.122. The van der Waals surface area contributed by atoms with Crippen molar-refractivity contribution in [1.29, 1.82) is 0 Å². The SMILES string of the molecule is CCCCNC(=O)[C@@H]1N=C(c2cccc(Cl)c2)[C@H]1c1ccc(Cl)cc1. The van der Waals surface area contributed by atoms with Crippen LogP contribution < -0.4 is 5.32 Å². The molecule has 130 valence electrons. The molecule has 0 unspecified atom stereocenters. The molecule has 0 saturated heterocycles. The van der Waals surface area contributed by atoms with Gasteiger partial charge in [0, 0.05) is 16.6 Å². The van der Waals surface area contributed by atoms with E-state index in [1.807, 2.05) is 48.5 Å². The van der Waals surface area contributed by atoms with Gasteiger partial charge in [0.2, 0.25) is 5.91 Å². The van der Waals surface area contributed by atoms with Gasteiger partial charge in [-0.2, -0.15) is 0 Å². The fraction of sp³-hybridized carbons (Fsp3) is 0.300. The van der Waals surface area contributed by atoms with E-state index in [2.05, 4.69) is 17.2 Å². The molecule has 0 aliphatic carbocycles. The summed E-state index contributed by atoms with van der Waals surface area (Å²) in [4.78, 5) is 17.1. The summed E-state index contributed by atoms with van der Waals surface area (Å²) in [6, 6.07) is 14.8. The Bertz CT molecular complexity index is 787. The van der Waals surface area contributed by atoms with Crippen molar-refractivity contribution < 1.29 is 4.79 Å². The normalized spacial score (nSPS) is 19.1. The highest BCUT2D eigenvalue weighted by Gasteiger charge is 2.41. The van der Waals surface area contributed by atoms with E-state index >= 15 is 0 Å². The van der Waals surface area contributed by atoms with Crippen molar-refractivity contribution in [1.82, 2.24) is 5.32 Å². The molecule has 1 N–H and O–H groups in total. The van der Waals surface area contributed by atoms with E-state index in [1.54, 1.807) is 0 Å². The van der Waals surface area contributed by atoms with Gasteiger partial charge in [-0.25, -0.2) is 0 Å². The third-order valence-corrected chi connectivity index (χ3v) is 4.82. The summed E-state index contributed by atoms with van der Waals surface area (Å²) in [6.45, 7) is 2.78. The van der Waals surface area contributed by atoms with Crippen LogP contribution in [0.4, 0.5) is 0 Å². The molecule has 3 nitrogen and oxygen atoms in total. The maximum absolute atomic E-state index is 12.5. The second kappa shape index (κ2) is 8.03. The summed E-state index contributed by atoms with van der Waals surface area (Å²) in [5, 5.41) is 4.31. The zero-order chi connectivity index (χ0) is 17.8. The maximum atomic E-state index is 12.5. The number of hydrogen-bond donors (Lipinski definition) is 1. The number of nitrogens with one attached hydrogen (secondary N) is 1. The van der Waals surface area contributed by atoms with Crippen molar-refractivity contribution in [3.63, 3.8) is 0 Å². The highest BCUT2D eigenvalue weighted by atomic mass is 35.5. The molecule has 2 atom stereocenters. The van der Waals surface area contributed by atoms with Crippen LogP contribution in [0.1, 0.15) is 36.8 Å². The minimum absolute atomic E-state index is 0.0285. The van der Waals surface area contributed by atoms with E-state index in [9.17, 15) is 4.79 Å². The van der Waals surface area contributed by atoms with Crippen LogP contribution in [0.3, 0.4) is 0 Å². The Morgan fingerprint density at radius 3 is 2.56 bits per heavy atom. The molecule has 1 amide bonds. The number of hydrogen-bond acceptors (Lipinski definition) is 2. The Kier molecular flexibility index (Phi) is 5.77. The average Bonchev–Trinajstić information content (AvgIpc) is 2.56. The summed E-state index contributed by atoms with van der Waals surface area (Å²) in [5.41, 5.74) is 2.87. The standard InChI is InChI=1S/C20H20Cl2N2O/c1-2-3-11-23-20(25)19-17(13-7-9-15(21)10-8-13)18(24-19)14-5-4-6-16(22)12-14/h4-10,12,17,19H,2-3,11H2,1H3,(H,23,25)/t17-,19-/m1/s1. The second-order valence-electron chi connectivity index (χ2n) is 6.14. The molecule has 2 aromatic rings. The van der Waals surface area contributed by atoms with Gasteiger partial charge in [-0.05, 0) is 41.8 Å². The van der Waals surface area contributed by atoms with Crippen molar-refractivity contribution in [2.45, 2.75) is 31.7 Å². The van der Waals surface area contributed by atoms with Crippen LogP contribution in [-0.2, 0) is 4.79 Å². The van der Waals surface area contributed by atoms with Gasteiger partial charge in [-0.1, -0.05) is 60.8 Å². The second-order valence-corrected chi connectivity index (χ2v) is 7.02. The predicted octanol–water partition coefficient (Wildman–Crippen LogP) is 4.86. The van der Waals surface area contributed by atoms with Gasteiger partial charge in [0.05, 0.1) is 11.6 Å². The van der Waals surface area contributed by atoms with E-state index in [0.29, 0.717) is 16.6 Å². The van der Waals surface area contributed by atoms with Crippen LogP contribution in [0.25, 0.3) is 0 Å². The first-order valence-corrected chi connectivity index (χ1v) is 9.22. The van der Waals surface area contributed by atoms with Gasteiger partial charge in [0.25, 0.3) is 0 Å². The monoisotopic (exact) mass is 374 g/mol. The minimum atomic E-state index is -0.410. The Balaban J connectivity index is 1.89. The van der Waals surface area contributed by atoms with Crippen LogP contribution in [0.2, 0.25) is 10.0 Å². The minimum Gasteiger partial charge on any atom is -0.354 e. The fourth-order valence-electron chi connectivity index (χ4n) is 2.99. The number of rotatable bonds is 6. The zero-order valence-electron chi connectivity index (χ0n) is 14.0. The largest absolute Gasteiger partial charge is 0.354 e. The summed E-state index contributed by atoms with van der Waals surface area (Å²) in [5.74, 6) is -0.114. The highest BCUT2D eigenvalue weighted by Crippen LogP contribution is 2.36. The number of carbonyl (C=O) groups excluding carboxylic acids is 1. The molecule has 1 aliphatic heterocycles. The highest BCUT2D eigenvalue weighted by molar-refractivity contribution is 6.31. The van der Waals surface area contributed by atoms with Gasteiger partial charge in [0.1, 0.15) is 6.04 Å². The molecular formula is C20H20Cl2N2O. The first kappa shape index (κ1) is 18.0. The van der Waals surface area contributed by atoms with E-state index in [0.717, 1.165) is 29.7 Å². The number of amides is 1. The molecule has 5 heteroatoms. The average molecular weight is 375 g/mol. The van der Waals surface area contributed by atoms with Crippen LogP contribution in [-0.4, -0.2) is 24.2 Å². The lowest BCUT2D eigenvalue weighted by Crippen LogP contribution is -2.47. The molecular weight excluding hydrogens is 355 g/mol. The molecule has 3 rings (SSSR count). The lowest BCUT2D eigenvalue weighted by atomic mass is 9.78. The van der Waals surface area contributed by atoms with Crippen molar-refractivity contribution in [2.24, 2.45) is 4.99 Å². The van der Waals surface area contributed by atoms with Crippen molar-refractivity contribution >= 4 is 34.8 Å². The number of unbranched alkanes of at least 4 members (excludes halogenated alkanes) is 1. The molecule has 0 bridgehead atoms. The van der Waals surface area contributed by atoms with E-state index in [4.69, 9.17) is 23.2 Å². The molecule has 0 fully saturated rings. The number of halogens is 2. The molecule has 0 spiro atoms. The number of nitrogens with zero attached hydrogens (tertiary/aromatic N) is 1. The Hall–Kier alpha value is -1.84. The van der Waals surface area contributed by atoms with Crippen LogP contribution in [0.5, 0.6) is 0 Å². The van der Waals surface area contributed by atoms with Gasteiger partial charge < -0.3 is 5.32 Å². The fourth-order valence-corrected chi connectivity index (χ4v) is 3.30. The van der Waals surface area contributed by atoms with E-state index in [-0.39, 0.29) is 11.8 Å². The first-order chi connectivity index (χ1) is 12.1. The third kappa shape index (κ3) is 4.05. The van der Waals surface area contributed by atoms with Crippen LogP contribution in [0.15, 0.2) is 53.5 Å². The molecule has 0 aromatic heterocycles. The number of carbonyl (C=O) groups is 1. The maximum Gasteiger partial charge on any atom is 0.245 e. The summed E-state index contributed by atoms with van der Waals surface area (Å²) in [6.07, 6.45) is 2.01. The molecule has 2 aromatic carbocycles. The van der Waals surface area contributed by atoms with Crippen LogP contribution >= 0.6 is 23.2 Å². The number of aliphatic imine (C=N–C) groups is 1. The summed E-state index contributed by atoms with van der Waals surface area (Å²) >= 11 is 12.1. The van der Waals surface area contributed by atoms with Crippen LogP contribution in [0, 0.1) is 0 Å². The lowest BCUT2D eigenvalue weighted by Gasteiger charge is -2.34. The van der Waals surface area contributed by atoms with Crippen molar-refractivity contribution in [2.75, 3.05) is 6.54 Å². The smallest absolute Gasteiger partial charge is 0.245 e. The topological polar surface area (TPSA) is 41.5 Å². The Labute approximate surface area is 158 Å². The quantitative estimate of drug-likeness (QED) is 0.720.